The standard InChI is InChI=1S/C23H21F3N4O4S/c1-2-10-30(21(32)14-3-6-16(7-4-14)23(24,25)26)11-9-19(31)27-22-29-28-20(35-22)15-5-8-17-18(12-15)34-13-33-17/h3-8,12H,2,9-11,13H2,1H3,(H,27,29,31). The molecule has 1 aliphatic heterocycles. The fraction of sp³-hybridized carbons (Fsp3) is 0.304. The van der Waals surface area contributed by atoms with E-state index >= 15 is 0 Å². The van der Waals surface area contributed by atoms with E-state index in [2.05, 4.69) is 15.5 Å². The zero-order valence-electron chi connectivity index (χ0n) is 18.6. The van der Waals surface area contributed by atoms with E-state index in [0.29, 0.717) is 34.6 Å². The highest BCUT2D eigenvalue weighted by atomic mass is 32.1. The lowest BCUT2D eigenvalue weighted by atomic mass is 10.1. The van der Waals surface area contributed by atoms with Crippen molar-refractivity contribution in [3.8, 4) is 22.1 Å². The van der Waals surface area contributed by atoms with Gasteiger partial charge >= 0.3 is 6.18 Å². The topological polar surface area (TPSA) is 93.7 Å². The lowest BCUT2D eigenvalue weighted by Crippen LogP contribution is -2.34. The van der Waals surface area contributed by atoms with Crippen LogP contribution in [0.5, 0.6) is 11.5 Å². The zero-order chi connectivity index (χ0) is 25.0. The summed E-state index contributed by atoms with van der Waals surface area (Å²) in [5.41, 5.74) is 0.0699. The summed E-state index contributed by atoms with van der Waals surface area (Å²) in [5, 5.41) is 11.6. The van der Waals surface area contributed by atoms with Crippen LogP contribution >= 0.6 is 11.3 Å². The van der Waals surface area contributed by atoms with Crippen molar-refractivity contribution in [1.82, 2.24) is 15.1 Å². The minimum Gasteiger partial charge on any atom is -0.454 e. The molecule has 184 valence electrons. The smallest absolute Gasteiger partial charge is 0.416 e. The van der Waals surface area contributed by atoms with E-state index in [1.165, 1.54) is 16.2 Å². The Morgan fingerprint density at radius 3 is 2.51 bits per heavy atom. The molecule has 1 aliphatic rings. The van der Waals surface area contributed by atoms with Gasteiger partial charge in [0.1, 0.15) is 5.01 Å². The number of carbonyl (C=O) groups is 2. The Morgan fingerprint density at radius 1 is 1.06 bits per heavy atom. The van der Waals surface area contributed by atoms with Crippen LogP contribution in [-0.2, 0) is 11.0 Å². The molecule has 2 aromatic carbocycles. The maximum atomic E-state index is 12.8. The first-order valence-electron chi connectivity index (χ1n) is 10.7. The molecule has 0 spiro atoms. The van der Waals surface area contributed by atoms with Crippen molar-refractivity contribution in [3.63, 3.8) is 0 Å². The van der Waals surface area contributed by atoms with Gasteiger partial charge in [0.25, 0.3) is 5.91 Å². The fourth-order valence-electron chi connectivity index (χ4n) is 3.41. The maximum absolute atomic E-state index is 12.8. The van der Waals surface area contributed by atoms with E-state index in [1.807, 2.05) is 13.0 Å². The molecule has 1 N–H and O–H groups in total. The summed E-state index contributed by atoms with van der Waals surface area (Å²) in [4.78, 5) is 26.7. The molecule has 3 aromatic rings. The second-order valence-electron chi connectivity index (χ2n) is 7.65. The Kier molecular flexibility index (Phi) is 7.20. The number of halogens is 3. The van der Waals surface area contributed by atoms with Gasteiger partial charge in [0, 0.05) is 30.6 Å². The van der Waals surface area contributed by atoms with Gasteiger partial charge in [-0.3, -0.25) is 9.59 Å². The fourth-order valence-corrected chi connectivity index (χ4v) is 4.16. The SMILES string of the molecule is CCCN(CCC(=O)Nc1nnc(-c2ccc3c(c2)OCO3)s1)C(=O)c1ccc(C(F)(F)F)cc1. The number of rotatable bonds is 8. The first-order valence-corrected chi connectivity index (χ1v) is 11.6. The second-order valence-corrected chi connectivity index (χ2v) is 8.62. The highest BCUT2D eigenvalue weighted by molar-refractivity contribution is 7.18. The summed E-state index contributed by atoms with van der Waals surface area (Å²) >= 11 is 1.19. The molecule has 0 atom stereocenters. The summed E-state index contributed by atoms with van der Waals surface area (Å²) in [6.45, 7) is 2.49. The largest absolute Gasteiger partial charge is 0.454 e. The minimum absolute atomic E-state index is 0.00862. The van der Waals surface area contributed by atoms with Crippen LogP contribution in [-0.4, -0.2) is 46.8 Å². The number of nitrogens with one attached hydrogen (secondary N) is 1. The molecule has 2 heterocycles. The molecule has 1 aromatic heterocycles. The number of hydrogen-bond acceptors (Lipinski definition) is 7. The molecule has 35 heavy (non-hydrogen) atoms. The Hall–Kier alpha value is -3.67. The van der Waals surface area contributed by atoms with Gasteiger partial charge in [-0.05, 0) is 48.9 Å². The quantitative estimate of drug-likeness (QED) is 0.470. The van der Waals surface area contributed by atoms with Crippen LogP contribution < -0.4 is 14.8 Å². The number of anilines is 1. The molecule has 0 fully saturated rings. The van der Waals surface area contributed by atoms with E-state index in [-0.39, 0.29) is 31.2 Å². The molecule has 0 saturated heterocycles. The molecule has 12 heteroatoms. The van der Waals surface area contributed by atoms with Crippen molar-refractivity contribution in [2.24, 2.45) is 0 Å². The highest BCUT2D eigenvalue weighted by Gasteiger charge is 2.30. The maximum Gasteiger partial charge on any atom is 0.416 e. The van der Waals surface area contributed by atoms with Crippen molar-refractivity contribution >= 4 is 28.3 Å². The molecule has 8 nitrogen and oxygen atoms in total. The van der Waals surface area contributed by atoms with Crippen molar-refractivity contribution < 1.29 is 32.2 Å². The van der Waals surface area contributed by atoms with Crippen LogP contribution in [0, 0.1) is 0 Å². The molecule has 2 amide bonds. The van der Waals surface area contributed by atoms with Crippen LogP contribution in [0.1, 0.15) is 35.7 Å². The zero-order valence-corrected chi connectivity index (χ0v) is 19.4. The molecular formula is C23H21F3N4O4S. The van der Waals surface area contributed by atoms with Crippen LogP contribution in [0.3, 0.4) is 0 Å². The number of hydrogen-bond donors (Lipinski definition) is 1. The van der Waals surface area contributed by atoms with Crippen molar-refractivity contribution in [2.45, 2.75) is 25.9 Å². The van der Waals surface area contributed by atoms with E-state index in [1.54, 1.807) is 12.1 Å². The van der Waals surface area contributed by atoms with Crippen LogP contribution in [0.25, 0.3) is 10.6 Å². The van der Waals surface area contributed by atoms with E-state index in [9.17, 15) is 22.8 Å². The number of fused-ring (bicyclic) bond motifs is 1. The summed E-state index contributed by atoms with van der Waals surface area (Å²) < 4.78 is 49.0. The molecule has 0 unspecified atom stereocenters. The highest BCUT2D eigenvalue weighted by Crippen LogP contribution is 2.37. The monoisotopic (exact) mass is 506 g/mol. The van der Waals surface area contributed by atoms with Crippen LogP contribution in [0.4, 0.5) is 18.3 Å². The van der Waals surface area contributed by atoms with Crippen LogP contribution in [0.2, 0.25) is 0 Å². The number of amides is 2. The number of carbonyl (C=O) groups excluding carboxylic acids is 2. The second kappa shape index (κ2) is 10.3. The Morgan fingerprint density at radius 2 is 1.80 bits per heavy atom. The summed E-state index contributed by atoms with van der Waals surface area (Å²) in [6, 6.07) is 9.40. The van der Waals surface area contributed by atoms with Crippen molar-refractivity contribution in [1.29, 1.82) is 0 Å². The number of ether oxygens (including phenoxy) is 2. The predicted molar refractivity (Wildman–Crippen MR) is 122 cm³/mol. The third kappa shape index (κ3) is 5.88. The third-order valence-electron chi connectivity index (χ3n) is 5.14. The van der Waals surface area contributed by atoms with Crippen molar-refractivity contribution in [3.05, 3.63) is 53.6 Å². The molecule has 0 bridgehead atoms. The van der Waals surface area contributed by atoms with Crippen LogP contribution in [0.15, 0.2) is 42.5 Å². The average Bonchev–Trinajstić information content (AvgIpc) is 3.50. The lowest BCUT2D eigenvalue weighted by molar-refractivity contribution is -0.137. The van der Waals surface area contributed by atoms with E-state index in [0.717, 1.165) is 29.8 Å². The summed E-state index contributed by atoms with van der Waals surface area (Å²) in [7, 11) is 0. The Bertz CT molecular complexity index is 1210. The minimum atomic E-state index is -4.48. The molecular weight excluding hydrogens is 485 g/mol. The van der Waals surface area contributed by atoms with Crippen molar-refractivity contribution in [2.75, 3.05) is 25.2 Å². The lowest BCUT2D eigenvalue weighted by Gasteiger charge is -2.22. The number of alkyl halides is 3. The van der Waals surface area contributed by atoms with Gasteiger partial charge in [-0.15, -0.1) is 10.2 Å². The van der Waals surface area contributed by atoms with E-state index < -0.39 is 17.6 Å². The summed E-state index contributed by atoms with van der Waals surface area (Å²) in [5.74, 6) is 0.459. The van der Waals surface area contributed by atoms with Gasteiger partial charge in [-0.2, -0.15) is 13.2 Å². The van der Waals surface area contributed by atoms with Gasteiger partial charge in [0.05, 0.1) is 5.56 Å². The molecule has 0 radical (unpaired) electrons. The predicted octanol–water partition coefficient (Wildman–Crippen LogP) is 4.83. The van der Waals surface area contributed by atoms with Gasteiger partial charge < -0.3 is 19.7 Å². The first-order chi connectivity index (χ1) is 16.7. The normalized spacial score (nSPS) is 12.5. The van der Waals surface area contributed by atoms with Gasteiger partial charge in [0.15, 0.2) is 11.5 Å². The Balaban J connectivity index is 1.34. The first kappa shape index (κ1) is 24.5. The molecule has 4 rings (SSSR count). The van der Waals surface area contributed by atoms with Gasteiger partial charge in [-0.25, -0.2) is 0 Å². The Labute approximate surface area is 202 Å². The summed E-state index contributed by atoms with van der Waals surface area (Å²) in [6.07, 6.45) is -3.86. The molecule has 0 aliphatic carbocycles. The van der Waals surface area contributed by atoms with Gasteiger partial charge in [0.2, 0.25) is 17.8 Å². The number of aromatic nitrogens is 2. The van der Waals surface area contributed by atoms with Gasteiger partial charge in [-0.1, -0.05) is 18.3 Å². The number of nitrogens with zero attached hydrogens (tertiary/aromatic N) is 3. The third-order valence-corrected chi connectivity index (χ3v) is 6.03. The van der Waals surface area contributed by atoms with E-state index in [4.69, 9.17) is 9.47 Å². The average molecular weight is 507 g/mol. The number of benzene rings is 2. The molecule has 0 saturated carbocycles.